The van der Waals surface area contributed by atoms with Gasteiger partial charge in [0, 0.05) is 37.1 Å². The first kappa shape index (κ1) is 19.2. The summed E-state index contributed by atoms with van der Waals surface area (Å²) in [6, 6.07) is 15.3. The summed E-state index contributed by atoms with van der Waals surface area (Å²) in [5.74, 6) is 0. The fourth-order valence-electron chi connectivity index (χ4n) is 5.57. The van der Waals surface area contributed by atoms with E-state index < -0.39 is 11.2 Å². The lowest BCUT2D eigenvalue weighted by Crippen LogP contribution is -2.43. The Labute approximate surface area is 184 Å². The molecular weight excluding hydrogens is 404 g/mol. The van der Waals surface area contributed by atoms with Gasteiger partial charge in [0.1, 0.15) is 0 Å². The van der Waals surface area contributed by atoms with E-state index in [4.69, 9.17) is 0 Å². The molecule has 1 aromatic carbocycles. The monoisotopic (exact) mass is 428 g/mol. The number of nitrogens with zero attached hydrogens (tertiary/aromatic N) is 5. The predicted molar refractivity (Wildman–Crippen MR) is 121 cm³/mol. The molecule has 5 heterocycles. The summed E-state index contributed by atoms with van der Waals surface area (Å²) in [7, 11) is 0. The maximum atomic E-state index is 12.8. The van der Waals surface area contributed by atoms with Crippen molar-refractivity contribution < 1.29 is 0 Å². The number of fused-ring (bicyclic) bond motifs is 3. The van der Waals surface area contributed by atoms with Gasteiger partial charge in [-0.3, -0.25) is 19.7 Å². The molecule has 0 aliphatic carbocycles. The maximum Gasteiger partial charge on any atom is 0.334 e. The van der Waals surface area contributed by atoms with Crippen molar-refractivity contribution in [2.45, 2.75) is 50.4 Å². The van der Waals surface area contributed by atoms with Crippen LogP contribution in [-0.2, 0) is 6.54 Å². The molecule has 2 atom stereocenters. The van der Waals surface area contributed by atoms with Crippen molar-refractivity contribution in [2.24, 2.45) is 0 Å². The van der Waals surface area contributed by atoms with E-state index in [0.717, 1.165) is 19.4 Å². The van der Waals surface area contributed by atoms with Crippen LogP contribution in [0.4, 0.5) is 0 Å². The Hall–Kier alpha value is -3.52. The lowest BCUT2D eigenvalue weighted by atomic mass is 9.96. The highest BCUT2D eigenvalue weighted by molar-refractivity contribution is 5.72. The van der Waals surface area contributed by atoms with Crippen LogP contribution in [0.25, 0.3) is 16.9 Å². The smallest absolute Gasteiger partial charge is 0.313 e. The fraction of sp³-hybridized carbons (Fsp3) is 0.333. The quantitative estimate of drug-likeness (QED) is 0.540. The van der Waals surface area contributed by atoms with Crippen LogP contribution in [0.2, 0.25) is 0 Å². The lowest BCUT2D eigenvalue weighted by molar-refractivity contribution is 0.100. The molecule has 2 aliphatic heterocycles. The van der Waals surface area contributed by atoms with E-state index in [1.165, 1.54) is 18.4 Å². The Morgan fingerprint density at radius 3 is 2.38 bits per heavy atom. The number of aromatic nitrogens is 5. The van der Waals surface area contributed by atoms with Gasteiger partial charge in [-0.15, -0.1) is 0 Å². The van der Waals surface area contributed by atoms with Crippen molar-refractivity contribution in [1.29, 1.82) is 0 Å². The minimum atomic E-state index is -0.458. The maximum absolute atomic E-state index is 12.8. The fourth-order valence-corrected chi connectivity index (χ4v) is 5.57. The molecule has 0 amide bonds. The number of hydrogen-bond donors (Lipinski definition) is 1. The molecule has 3 aromatic heterocycles. The second-order valence-electron chi connectivity index (χ2n) is 8.79. The molecule has 162 valence electrons. The van der Waals surface area contributed by atoms with Gasteiger partial charge < -0.3 is 4.57 Å². The van der Waals surface area contributed by atoms with Crippen LogP contribution in [-0.4, -0.2) is 41.1 Å². The Morgan fingerprint density at radius 2 is 1.66 bits per heavy atom. The number of benzene rings is 1. The Bertz CT molecular complexity index is 1360. The van der Waals surface area contributed by atoms with Crippen molar-refractivity contribution in [2.75, 3.05) is 0 Å². The number of imidazole rings is 1. The van der Waals surface area contributed by atoms with Crippen LogP contribution in [0.1, 0.15) is 37.3 Å². The predicted octanol–water partition coefficient (Wildman–Crippen LogP) is 2.64. The molecule has 2 unspecified atom stereocenters. The lowest BCUT2D eigenvalue weighted by Gasteiger charge is -2.39. The highest BCUT2D eigenvalue weighted by Gasteiger charge is 2.41. The van der Waals surface area contributed by atoms with Gasteiger partial charge in [-0.1, -0.05) is 30.3 Å². The Balaban J connectivity index is 1.39. The average molecular weight is 428 g/mol. The third kappa shape index (κ3) is 3.10. The van der Waals surface area contributed by atoms with E-state index in [9.17, 15) is 9.59 Å². The number of aromatic amines is 1. The van der Waals surface area contributed by atoms with Crippen LogP contribution in [0.5, 0.6) is 0 Å². The van der Waals surface area contributed by atoms with Gasteiger partial charge in [-0.2, -0.15) is 0 Å². The number of rotatable bonds is 4. The van der Waals surface area contributed by atoms with Crippen LogP contribution >= 0.6 is 0 Å². The molecule has 1 N–H and O–H groups in total. The van der Waals surface area contributed by atoms with Crippen molar-refractivity contribution in [3.63, 3.8) is 0 Å². The average Bonchev–Trinajstić information content (AvgIpc) is 3.33. The topological polar surface area (TPSA) is 88.8 Å². The summed E-state index contributed by atoms with van der Waals surface area (Å²) in [6.45, 7) is 0.967. The van der Waals surface area contributed by atoms with E-state index in [-0.39, 0.29) is 6.04 Å². The van der Waals surface area contributed by atoms with Gasteiger partial charge >= 0.3 is 5.69 Å². The summed E-state index contributed by atoms with van der Waals surface area (Å²) < 4.78 is 3.60. The van der Waals surface area contributed by atoms with Crippen LogP contribution < -0.4 is 11.2 Å². The van der Waals surface area contributed by atoms with E-state index in [1.54, 1.807) is 35.4 Å². The largest absolute Gasteiger partial charge is 0.334 e. The van der Waals surface area contributed by atoms with Crippen molar-refractivity contribution in [3.8, 4) is 5.69 Å². The molecule has 2 bridgehead atoms. The minimum Gasteiger partial charge on any atom is -0.313 e. The molecule has 2 aliphatic rings. The van der Waals surface area contributed by atoms with Gasteiger partial charge in [-0.25, -0.2) is 14.3 Å². The van der Waals surface area contributed by atoms with Crippen LogP contribution in [0.15, 0.2) is 70.8 Å². The molecule has 2 saturated heterocycles. The molecule has 8 heteroatoms. The molecule has 4 aromatic rings. The van der Waals surface area contributed by atoms with E-state index >= 15 is 0 Å². The van der Waals surface area contributed by atoms with Crippen LogP contribution in [0, 0.1) is 0 Å². The SMILES string of the molecule is O=c1[nH]c(=O)n(-c2ccncc2)c2c1ncn2C1CC2CCC(C1)N2Cc1ccccc1. The molecule has 0 saturated carbocycles. The van der Waals surface area contributed by atoms with E-state index in [2.05, 4.69) is 54.8 Å². The zero-order valence-corrected chi connectivity index (χ0v) is 17.6. The summed E-state index contributed by atoms with van der Waals surface area (Å²) in [5.41, 5.74) is 1.95. The van der Waals surface area contributed by atoms with Crippen LogP contribution in [0.3, 0.4) is 0 Å². The zero-order valence-electron chi connectivity index (χ0n) is 17.6. The highest BCUT2D eigenvalue weighted by atomic mass is 16.2. The Kier molecular flexibility index (Phi) is 4.53. The normalized spacial score (nSPS) is 23.1. The van der Waals surface area contributed by atoms with Gasteiger partial charge in [0.2, 0.25) is 0 Å². The zero-order chi connectivity index (χ0) is 21.7. The third-order valence-electron chi connectivity index (χ3n) is 7.00. The standard InChI is InChI=1S/C24H24N6O2/c31-22-21-23(30(24(32)27-22)17-8-10-25-11-9-17)29(15-26-21)20-12-18-6-7-19(13-20)28(18)14-16-4-2-1-3-5-16/h1-5,8-11,15,18-20H,6-7,12-14H2,(H,27,31,32). The number of pyridine rings is 1. The molecule has 0 spiro atoms. The van der Waals surface area contributed by atoms with E-state index in [1.807, 2.05) is 0 Å². The molecule has 32 heavy (non-hydrogen) atoms. The van der Waals surface area contributed by atoms with Crippen molar-refractivity contribution >= 4 is 11.2 Å². The number of hydrogen-bond acceptors (Lipinski definition) is 5. The third-order valence-corrected chi connectivity index (χ3v) is 7.00. The Morgan fingerprint density at radius 1 is 0.938 bits per heavy atom. The minimum absolute atomic E-state index is 0.193. The molecule has 2 fully saturated rings. The second kappa shape index (κ2) is 7.56. The molecule has 6 rings (SSSR count). The van der Waals surface area contributed by atoms with E-state index in [0.29, 0.717) is 28.9 Å². The summed E-state index contributed by atoms with van der Waals surface area (Å²) in [4.78, 5) is 38.8. The van der Waals surface area contributed by atoms with Crippen molar-refractivity contribution in [1.82, 2.24) is 29.0 Å². The molecule has 8 nitrogen and oxygen atoms in total. The summed E-state index contributed by atoms with van der Waals surface area (Å²) >= 11 is 0. The van der Waals surface area contributed by atoms with Gasteiger partial charge in [0.15, 0.2) is 11.2 Å². The van der Waals surface area contributed by atoms with Gasteiger partial charge in [0.05, 0.1) is 12.0 Å². The number of piperidine rings is 1. The first-order chi connectivity index (χ1) is 15.7. The molecular formula is C24H24N6O2. The second-order valence-corrected chi connectivity index (χ2v) is 8.79. The highest BCUT2D eigenvalue weighted by Crippen LogP contribution is 2.42. The number of H-pyrrole nitrogens is 1. The molecule has 0 radical (unpaired) electrons. The first-order valence-electron chi connectivity index (χ1n) is 11.1. The van der Waals surface area contributed by atoms with Gasteiger partial charge in [0.25, 0.3) is 5.56 Å². The number of nitrogens with one attached hydrogen (secondary N) is 1. The van der Waals surface area contributed by atoms with Gasteiger partial charge in [-0.05, 0) is 43.4 Å². The first-order valence-corrected chi connectivity index (χ1v) is 11.1. The van der Waals surface area contributed by atoms with Crippen molar-refractivity contribution in [3.05, 3.63) is 87.6 Å². The summed E-state index contributed by atoms with van der Waals surface area (Å²) in [6.07, 6.45) is 9.33. The summed E-state index contributed by atoms with van der Waals surface area (Å²) in [5, 5.41) is 0.